The van der Waals surface area contributed by atoms with E-state index in [0.717, 1.165) is 15.7 Å². The average molecular weight is 329 g/mol. The molecule has 0 atom stereocenters. The molecule has 0 radical (unpaired) electrons. The lowest BCUT2D eigenvalue weighted by atomic mass is 10.1. The molecular formula is C14H21BrN2O2. The van der Waals surface area contributed by atoms with Gasteiger partial charge in [0, 0.05) is 16.7 Å². The van der Waals surface area contributed by atoms with Crippen molar-refractivity contribution in [3.8, 4) is 0 Å². The second kappa shape index (κ2) is 6.39. The van der Waals surface area contributed by atoms with E-state index in [2.05, 4.69) is 21.2 Å². The lowest BCUT2D eigenvalue weighted by molar-refractivity contribution is 0.0501. The van der Waals surface area contributed by atoms with Gasteiger partial charge in [0.15, 0.2) is 0 Å². The molecule has 2 amide bonds. The first-order chi connectivity index (χ1) is 8.73. The van der Waals surface area contributed by atoms with Crippen LogP contribution in [0.15, 0.2) is 22.7 Å². The molecule has 0 heterocycles. The van der Waals surface area contributed by atoms with Crippen LogP contribution in [0.1, 0.15) is 26.3 Å². The Morgan fingerprint density at radius 2 is 2.11 bits per heavy atom. The number of hydrogen-bond acceptors (Lipinski definition) is 2. The van der Waals surface area contributed by atoms with Crippen molar-refractivity contribution in [2.45, 2.75) is 33.3 Å². The van der Waals surface area contributed by atoms with Gasteiger partial charge in [-0.3, -0.25) is 0 Å². The van der Waals surface area contributed by atoms with Crippen LogP contribution in [0.25, 0.3) is 0 Å². The minimum Gasteiger partial charge on any atom is -0.389 e. The van der Waals surface area contributed by atoms with Gasteiger partial charge in [-0.25, -0.2) is 4.79 Å². The Labute approximate surface area is 122 Å². The fourth-order valence-corrected chi connectivity index (χ4v) is 2.05. The summed E-state index contributed by atoms with van der Waals surface area (Å²) in [4.78, 5) is 13.7. The molecule has 0 saturated carbocycles. The van der Waals surface area contributed by atoms with Crippen molar-refractivity contribution in [1.82, 2.24) is 4.90 Å². The van der Waals surface area contributed by atoms with Crippen molar-refractivity contribution in [2.75, 3.05) is 18.4 Å². The molecule has 1 aromatic carbocycles. The monoisotopic (exact) mass is 328 g/mol. The summed E-state index contributed by atoms with van der Waals surface area (Å²) < 4.78 is 0.954. The number of benzene rings is 1. The number of amides is 2. The van der Waals surface area contributed by atoms with E-state index in [1.165, 1.54) is 0 Å². The first-order valence-electron chi connectivity index (χ1n) is 6.27. The van der Waals surface area contributed by atoms with Gasteiger partial charge in [-0.1, -0.05) is 22.0 Å². The van der Waals surface area contributed by atoms with E-state index < -0.39 is 5.60 Å². The van der Waals surface area contributed by atoms with Gasteiger partial charge in [0.1, 0.15) is 0 Å². The SMILES string of the molecule is CCN(CC(C)(C)O)C(=O)Nc1ccc(C)c(Br)c1. The third kappa shape index (κ3) is 5.20. The molecule has 4 nitrogen and oxygen atoms in total. The Hall–Kier alpha value is -1.07. The number of aliphatic hydroxyl groups is 1. The third-order valence-corrected chi connectivity index (χ3v) is 3.52. The van der Waals surface area contributed by atoms with Gasteiger partial charge >= 0.3 is 6.03 Å². The molecule has 0 saturated heterocycles. The van der Waals surface area contributed by atoms with E-state index in [1.807, 2.05) is 32.0 Å². The normalized spacial score (nSPS) is 11.3. The van der Waals surface area contributed by atoms with Gasteiger partial charge < -0.3 is 15.3 Å². The number of anilines is 1. The molecule has 19 heavy (non-hydrogen) atoms. The molecule has 5 heteroatoms. The first kappa shape index (κ1) is 16.0. The van der Waals surface area contributed by atoms with E-state index in [-0.39, 0.29) is 6.03 Å². The minimum atomic E-state index is -0.902. The van der Waals surface area contributed by atoms with Gasteiger partial charge in [0.25, 0.3) is 0 Å². The number of urea groups is 1. The van der Waals surface area contributed by atoms with E-state index >= 15 is 0 Å². The Morgan fingerprint density at radius 3 is 2.58 bits per heavy atom. The summed E-state index contributed by atoms with van der Waals surface area (Å²) in [6, 6.07) is 5.45. The number of nitrogens with zero attached hydrogens (tertiary/aromatic N) is 1. The summed E-state index contributed by atoms with van der Waals surface area (Å²) in [5, 5.41) is 12.6. The van der Waals surface area contributed by atoms with Crippen LogP contribution in [0.5, 0.6) is 0 Å². The van der Waals surface area contributed by atoms with Gasteiger partial charge in [-0.2, -0.15) is 0 Å². The molecule has 0 fully saturated rings. The fraction of sp³-hybridized carbons (Fsp3) is 0.500. The molecule has 0 aliphatic carbocycles. The van der Waals surface area contributed by atoms with E-state index in [9.17, 15) is 9.90 Å². The maximum absolute atomic E-state index is 12.1. The van der Waals surface area contributed by atoms with Crippen molar-refractivity contribution in [3.63, 3.8) is 0 Å². The van der Waals surface area contributed by atoms with E-state index in [4.69, 9.17) is 0 Å². The number of aryl methyl sites for hydroxylation is 1. The summed E-state index contributed by atoms with van der Waals surface area (Å²) in [6.45, 7) is 8.08. The highest BCUT2D eigenvalue weighted by Crippen LogP contribution is 2.21. The molecule has 0 aromatic heterocycles. The van der Waals surface area contributed by atoms with Crippen LogP contribution < -0.4 is 5.32 Å². The van der Waals surface area contributed by atoms with Crippen LogP contribution in [0.3, 0.4) is 0 Å². The summed E-state index contributed by atoms with van der Waals surface area (Å²) in [5.74, 6) is 0. The molecular weight excluding hydrogens is 308 g/mol. The average Bonchev–Trinajstić information content (AvgIpc) is 2.29. The molecule has 0 bridgehead atoms. The van der Waals surface area contributed by atoms with Gasteiger partial charge in [-0.05, 0) is 45.4 Å². The summed E-state index contributed by atoms with van der Waals surface area (Å²) in [5.41, 5.74) is 0.944. The van der Waals surface area contributed by atoms with Crippen molar-refractivity contribution >= 4 is 27.6 Å². The highest BCUT2D eigenvalue weighted by atomic mass is 79.9. The Balaban J connectivity index is 2.74. The minimum absolute atomic E-state index is 0.208. The van der Waals surface area contributed by atoms with Crippen LogP contribution in [0.4, 0.5) is 10.5 Å². The molecule has 2 N–H and O–H groups in total. The number of halogens is 1. The van der Waals surface area contributed by atoms with Gasteiger partial charge in [-0.15, -0.1) is 0 Å². The lowest BCUT2D eigenvalue weighted by Crippen LogP contribution is -2.44. The van der Waals surface area contributed by atoms with Gasteiger partial charge in [0.05, 0.1) is 12.1 Å². The van der Waals surface area contributed by atoms with Crippen molar-refractivity contribution in [3.05, 3.63) is 28.2 Å². The Kier molecular flexibility index (Phi) is 5.38. The van der Waals surface area contributed by atoms with Crippen LogP contribution in [0.2, 0.25) is 0 Å². The number of carbonyl (C=O) groups excluding carboxylic acids is 1. The maximum atomic E-state index is 12.1. The second-order valence-corrected chi connectivity index (χ2v) is 6.08. The molecule has 0 spiro atoms. The third-order valence-electron chi connectivity index (χ3n) is 2.67. The zero-order valence-electron chi connectivity index (χ0n) is 11.8. The maximum Gasteiger partial charge on any atom is 0.321 e. The second-order valence-electron chi connectivity index (χ2n) is 5.22. The topological polar surface area (TPSA) is 52.6 Å². The smallest absolute Gasteiger partial charge is 0.321 e. The number of nitrogens with one attached hydrogen (secondary N) is 1. The Morgan fingerprint density at radius 1 is 1.47 bits per heavy atom. The highest BCUT2D eigenvalue weighted by molar-refractivity contribution is 9.10. The number of likely N-dealkylation sites (N-methyl/N-ethyl adjacent to an activating group) is 1. The van der Waals surface area contributed by atoms with Crippen molar-refractivity contribution in [2.24, 2.45) is 0 Å². The standard InChI is InChI=1S/C14H21BrN2O2/c1-5-17(9-14(3,4)19)13(18)16-11-7-6-10(2)12(15)8-11/h6-8,19H,5,9H2,1-4H3,(H,16,18). The van der Waals surface area contributed by atoms with Crippen LogP contribution in [0, 0.1) is 6.92 Å². The fourth-order valence-electron chi connectivity index (χ4n) is 1.67. The number of hydrogen-bond donors (Lipinski definition) is 2. The van der Waals surface area contributed by atoms with Crippen LogP contribution in [-0.2, 0) is 0 Å². The van der Waals surface area contributed by atoms with Gasteiger partial charge in [0.2, 0.25) is 0 Å². The zero-order chi connectivity index (χ0) is 14.6. The van der Waals surface area contributed by atoms with E-state index in [0.29, 0.717) is 13.1 Å². The largest absolute Gasteiger partial charge is 0.389 e. The molecule has 1 rings (SSSR count). The van der Waals surface area contributed by atoms with E-state index in [1.54, 1.807) is 18.7 Å². The van der Waals surface area contributed by atoms with Crippen molar-refractivity contribution in [1.29, 1.82) is 0 Å². The first-order valence-corrected chi connectivity index (χ1v) is 7.06. The van der Waals surface area contributed by atoms with Crippen LogP contribution in [-0.4, -0.2) is 34.7 Å². The predicted octanol–water partition coefficient (Wildman–Crippen LogP) is 3.38. The highest BCUT2D eigenvalue weighted by Gasteiger charge is 2.21. The summed E-state index contributed by atoms with van der Waals surface area (Å²) in [7, 11) is 0. The lowest BCUT2D eigenvalue weighted by Gasteiger charge is -2.28. The predicted molar refractivity (Wildman–Crippen MR) is 81.4 cm³/mol. The molecule has 0 unspecified atom stereocenters. The number of carbonyl (C=O) groups is 1. The quantitative estimate of drug-likeness (QED) is 0.890. The molecule has 106 valence electrons. The Bertz CT molecular complexity index is 455. The molecule has 0 aliphatic heterocycles. The van der Waals surface area contributed by atoms with Crippen LogP contribution >= 0.6 is 15.9 Å². The molecule has 1 aromatic rings. The molecule has 0 aliphatic rings. The number of rotatable bonds is 4. The summed E-state index contributed by atoms with van der Waals surface area (Å²) in [6.07, 6.45) is 0. The zero-order valence-corrected chi connectivity index (χ0v) is 13.4. The summed E-state index contributed by atoms with van der Waals surface area (Å²) >= 11 is 3.43. The van der Waals surface area contributed by atoms with Crippen molar-refractivity contribution < 1.29 is 9.90 Å².